The standard InChI is InChI=1S/C13H13Cl2N3/c14-10-5-4-8(7-11(10)15)12-9-3-1-2-6-16-13(9)18-17-12/h4-5,7H,1-3,6H2,(H2,16,17,18). The second-order valence-corrected chi connectivity index (χ2v) is 5.25. The second kappa shape index (κ2) is 4.82. The number of anilines is 1. The minimum atomic E-state index is 0.569. The highest BCUT2D eigenvalue weighted by molar-refractivity contribution is 6.42. The molecular weight excluding hydrogens is 269 g/mol. The molecule has 2 aromatic rings. The smallest absolute Gasteiger partial charge is 0.151 e. The summed E-state index contributed by atoms with van der Waals surface area (Å²) in [6.07, 6.45) is 3.39. The van der Waals surface area contributed by atoms with Crippen LogP contribution in [0.1, 0.15) is 18.4 Å². The van der Waals surface area contributed by atoms with Crippen molar-refractivity contribution in [3.63, 3.8) is 0 Å². The largest absolute Gasteiger partial charge is 0.368 e. The number of fused-ring (bicyclic) bond motifs is 1. The van der Waals surface area contributed by atoms with Crippen molar-refractivity contribution in [1.82, 2.24) is 10.2 Å². The highest BCUT2D eigenvalue weighted by Crippen LogP contribution is 2.33. The molecule has 18 heavy (non-hydrogen) atoms. The Balaban J connectivity index is 2.06. The predicted molar refractivity (Wildman–Crippen MR) is 75.5 cm³/mol. The second-order valence-electron chi connectivity index (χ2n) is 4.44. The summed E-state index contributed by atoms with van der Waals surface area (Å²) >= 11 is 12.0. The zero-order valence-corrected chi connectivity index (χ0v) is 11.3. The minimum Gasteiger partial charge on any atom is -0.368 e. The molecule has 0 saturated heterocycles. The summed E-state index contributed by atoms with van der Waals surface area (Å²) < 4.78 is 0. The van der Waals surface area contributed by atoms with Crippen LogP contribution >= 0.6 is 23.2 Å². The van der Waals surface area contributed by atoms with Crippen LogP contribution in [0.2, 0.25) is 10.0 Å². The Morgan fingerprint density at radius 2 is 2.00 bits per heavy atom. The number of aromatic amines is 1. The van der Waals surface area contributed by atoms with Crippen molar-refractivity contribution >= 4 is 29.0 Å². The molecular formula is C13H13Cl2N3. The molecule has 1 aromatic carbocycles. The van der Waals surface area contributed by atoms with Gasteiger partial charge < -0.3 is 5.32 Å². The number of nitrogens with zero attached hydrogens (tertiary/aromatic N) is 1. The summed E-state index contributed by atoms with van der Waals surface area (Å²) in [7, 11) is 0. The molecule has 0 amide bonds. The zero-order chi connectivity index (χ0) is 12.5. The van der Waals surface area contributed by atoms with E-state index in [-0.39, 0.29) is 0 Å². The first-order valence-electron chi connectivity index (χ1n) is 6.02. The Morgan fingerprint density at radius 3 is 2.83 bits per heavy atom. The van der Waals surface area contributed by atoms with Gasteiger partial charge in [-0.1, -0.05) is 29.3 Å². The van der Waals surface area contributed by atoms with Gasteiger partial charge in [-0.2, -0.15) is 5.10 Å². The third kappa shape index (κ3) is 2.08. The Hall–Kier alpha value is -1.19. The lowest BCUT2D eigenvalue weighted by molar-refractivity contribution is 0.783. The van der Waals surface area contributed by atoms with Crippen LogP contribution in [-0.2, 0) is 6.42 Å². The molecule has 1 aliphatic rings. The lowest BCUT2D eigenvalue weighted by atomic mass is 10.0. The van der Waals surface area contributed by atoms with Gasteiger partial charge in [-0.05, 0) is 31.4 Å². The van der Waals surface area contributed by atoms with Gasteiger partial charge in [0.15, 0.2) is 5.82 Å². The van der Waals surface area contributed by atoms with E-state index >= 15 is 0 Å². The molecule has 1 aliphatic heterocycles. The van der Waals surface area contributed by atoms with Crippen LogP contribution in [0.5, 0.6) is 0 Å². The van der Waals surface area contributed by atoms with Crippen molar-refractivity contribution in [2.24, 2.45) is 0 Å². The van der Waals surface area contributed by atoms with E-state index in [0.29, 0.717) is 10.0 Å². The van der Waals surface area contributed by atoms with Crippen molar-refractivity contribution in [1.29, 1.82) is 0 Å². The summed E-state index contributed by atoms with van der Waals surface area (Å²) in [5.74, 6) is 0.966. The van der Waals surface area contributed by atoms with E-state index in [9.17, 15) is 0 Å². The molecule has 94 valence electrons. The monoisotopic (exact) mass is 281 g/mol. The number of halogens is 2. The van der Waals surface area contributed by atoms with E-state index in [1.54, 1.807) is 0 Å². The van der Waals surface area contributed by atoms with Crippen molar-refractivity contribution in [3.8, 4) is 11.3 Å². The zero-order valence-electron chi connectivity index (χ0n) is 9.76. The van der Waals surface area contributed by atoms with E-state index in [1.165, 1.54) is 18.4 Å². The van der Waals surface area contributed by atoms with Crippen LogP contribution in [0.25, 0.3) is 11.3 Å². The number of rotatable bonds is 1. The maximum Gasteiger partial charge on any atom is 0.151 e. The van der Waals surface area contributed by atoms with Crippen molar-refractivity contribution in [2.45, 2.75) is 19.3 Å². The summed E-state index contributed by atoms with van der Waals surface area (Å²) in [5.41, 5.74) is 3.31. The quantitative estimate of drug-likeness (QED) is 0.825. The van der Waals surface area contributed by atoms with Gasteiger partial charge in [0, 0.05) is 17.7 Å². The van der Waals surface area contributed by atoms with Crippen molar-refractivity contribution in [3.05, 3.63) is 33.8 Å². The molecule has 0 bridgehead atoms. The molecule has 0 unspecified atom stereocenters. The van der Waals surface area contributed by atoms with Gasteiger partial charge in [0.2, 0.25) is 0 Å². The molecule has 0 spiro atoms. The Bertz CT molecular complexity index is 578. The maximum atomic E-state index is 6.06. The SMILES string of the molecule is Clc1ccc(-c2[nH]nc3c2CCCCN3)cc1Cl. The summed E-state index contributed by atoms with van der Waals surface area (Å²) in [5, 5.41) is 11.9. The highest BCUT2D eigenvalue weighted by atomic mass is 35.5. The molecule has 0 aliphatic carbocycles. The number of aromatic nitrogens is 2. The summed E-state index contributed by atoms with van der Waals surface area (Å²) in [6, 6.07) is 5.66. The molecule has 3 nitrogen and oxygen atoms in total. The van der Waals surface area contributed by atoms with Gasteiger partial charge in [-0.3, -0.25) is 5.10 Å². The van der Waals surface area contributed by atoms with Crippen molar-refractivity contribution in [2.75, 3.05) is 11.9 Å². The number of hydrogen-bond acceptors (Lipinski definition) is 2. The number of benzene rings is 1. The maximum absolute atomic E-state index is 6.06. The van der Waals surface area contributed by atoms with Crippen molar-refractivity contribution < 1.29 is 0 Å². The number of nitrogens with one attached hydrogen (secondary N) is 2. The molecule has 2 N–H and O–H groups in total. The normalized spacial score (nSPS) is 14.8. The molecule has 0 radical (unpaired) electrons. The molecule has 0 fully saturated rings. The average Bonchev–Trinajstić information content (AvgIpc) is 2.62. The van der Waals surface area contributed by atoms with Crippen LogP contribution in [0, 0.1) is 0 Å². The van der Waals surface area contributed by atoms with Crippen LogP contribution in [-0.4, -0.2) is 16.7 Å². The van der Waals surface area contributed by atoms with Gasteiger partial charge in [-0.25, -0.2) is 0 Å². The summed E-state index contributed by atoms with van der Waals surface area (Å²) in [4.78, 5) is 0. The Morgan fingerprint density at radius 1 is 1.11 bits per heavy atom. The van der Waals surface area contributed by atoms with Crippen LogP contribution < -0.4 is 5.32 Å². The minimum absolute atomic E-state index is 0.569. The summed E-state index contributed by atoms with van der Waals surface area (Å²) in [6.45, 7) is 0.985. The van der Waals surface area contributed by atoms with Crippen LogP contribution in [0.3, 0.4) is 0 Å². The first-order valence-corrected chi connectivity index (χ1v) is 6.78. The van der Waals surface area contributed by atoms with Crippen LogP contribution in [0.15, 0.2) is 18.2 Å². The van der Waals surface area contributed by atoms with E-state index < -0.39 is 0 Å². The fourth-order valence-electron chi connectivity index (χ4n) is 2.28. The van der Waals surface area contributed by atoms with Crippen LogP contribution in [0.4, 0.5) is 5.82 Å². The first-order chi connectivity index (χ1) is 8.75. The average molecular weight is 282 g/mol. The molecule has 1 aromatic heterocycles. The number of hydrogen-bond donors (Lipinski definition) is 2. The lowest BCUT2D eigenvalue weighted by Gasteiger charge is -2.04. The molecule has 0 atom stereocenters. The van der Waals surface area contributed by atoms with E-state index in [2.05, 4.69) is 15.5 Å². The van der Waals surface area contributed by atoms with Gasteiger partial charge in [0.25, 0.3) is 0 Å². The fourth-order valence-corrected chi connectivity index (χ4v) is 2.58. The van der Waals surface area contributed by atoms with Gasteiger partial charge in [-0.15, -0.1) is 0 Å². The lowest BCUT2D eigenvalue weighted by Crippen LogP contribution is -1.99. The van der Waals surface area contributed by atoms with Gasteiger partial charge >= 0.3 is 0 Å². The van der Waals surface area contributed by atoms with E-state index in [4.69, 9.17) is 23.2 Å². The third-order valence-corrected chi connectivity index (χ3v) is 3.96. The third-order valence-electron chi connectivity index (χ3n) is 3.22. The van der Waals surface area contributed by atoms with Gasteiger partial charge in [0.05, 0.1) is 15.7 Å². The molecule has 5 heteroatoms. The molecule has 0 saturated carbocycles. The number of H-pyrrole nitrogens is 1. The van der Waals surface area contributed by atoms with Gasteiger partial charge in [0.1, 0.15) is 0 Å². The molecule has 3 rings (SSSR count). The van der Waals surface area contributed by atoms with E-state index in [1.807, 2.05) is 18.2 Å². The first kappa shape index (κ1) is 11.9. The Labute approximate surface area is 115 Å². The topological polar surface area (TPSA) is 40.7 Å². The Kier molecular flexibility index (Phi) is 3.18. The predicted octanol–water partition coefficient (Wildman–Crippen LogP) is 4.13. The van der Waals surface area contributed by atoms with E-state index in [0.717, 1.165) is 30.0 Å². The highest BCUT2D eigenvalue weighted by Gasteiger charge is 2.17. The fraction of sp³-hybridized carbons (Fsp3) is 0.308. The molecule has 2 heterocycles.